The minimum Gasteiger partial charge on any atom is -0.418 e. The number of aromatic nitrogens is 1. The minimum atomic E-state index is -6.00. The van der Waals surface area contributed by atoms with Gasteiger partial charge in [-0.1, -0.05) is 84.9 Å². The maximum Gasteiger partial charge on any atom is 0.673 e. The van der Waals surface area contributed by atoms with Crippen molar-refractivity contribution in [3.8, 4) is 28.1 Å². The van der Waals surface area contributed by atoms with Crippen molar-refractivity contribution in [1.82, 2.24) is 0 Å². The van der Waals surface area contributed by atoms with Gasteiger partial charge in [0.2, 0.25) is 11.4 Å². The second-order valence-electron chi connectivity index (χ2n) is 7.37. The van der Waals surface area contributed by atoms with Gasteiger partial charge < -0.3 is 17.3 Å². The van der Waals surface area contributed by atoms with Crippen LogP contribution in [-0.2, 0) is 0 Å². The molecule has 0 saturated carbocycles. The lowest BCUT2D eigenvalue weighted by atomic mass is 9.93. The van der Waals surface area contributed by atoms with Gasteiger partial charge in [-0.15, -0.1) is 0 Å². The smallest absolute Gasteiger partial charge is 0.418 e. The first kappa shape index (κ1) is 22.3. The number of halogens is 4. The van der Waals surface area contributed by atoms with E-state index in [0.29, 0.717) is 0 Å². The topological polar surface area (TPSA) is 3.88 Å². The zero-order valence-corrected chi connectivity index (χ0v) is 17.6. The van der Waals surface area contributed by atoms with Crippen LogP contribution in [0.15, 0.2) is 121 Å². The first-order valence-corrected chi connectivity index (χ1v) is 10.4. The van der Waals surface area contributed by atoms with E-state index < -0.39 is 7.25 Å². The zero-order chi connectivity index (χ0) is 23.3. The van der Waals surface area contributed by atoms with E-state index in [4.69, 9.17) is 0 Å². The van der Waals surface area contributed by atoms with Crippen LogP contribution in [0.4, 0.5) is 17.3 Å². The molecule has 0 spiro atoms. The Morgan fingerprint density at radius 2 is 0.970 bits per heavy atom. The van der Waals surface area contributed by atoms with Crippen molar-refractivity contribution in [3.63, 3.8) is 0 Å². The molecule has 1 nitrogen and oxygen atoms in total. The van der Waals surface area contributed by atoms with Crippen LogP contribution in [0.1, 0.15) is 0 Å². The molecule has 0 N–H and O–H groups in total. The molecule has 0 saturated heterocycles. The average Bonchev–Trinajstić information content (AvgIpc) is 2.83. The monoisotopic (exact) mass is 445 g/mol. The predicted octanol–water partition coefficient (Wildman–Crippen LogP) is 7.75. The van der Waals surface area contributed by atoms with Crippen LogP contribution in [0.25, 0.3) is 38.8 Å². The van der Waals surface area contributed by atoms with Crippen LogP contribution in [0, 0.1) is 0 Å². The molecule has 0 aliphatic heterocycles. The quantitative estimate of drug-likeness (QED) is 0.152. The zero-order valence-electron chi connectivity index (χ0n) is 17.6. The number of nitrogens with zero attached hydrogens (tertiary/aromatic N) is 1. The van der Waals surface area contributed by atoms with Gasteiger partial charge in [0.1, 0.15) is 0 Å². The summed E-state index contributed by atoms with van der Waals surface area (Å²) in [6.45, 7) is 0. The predicted molar refractivity (Wildman–Crippen MR) is 127 cm³/mol. The standard InChI is InChI=1S/C27H20N.BF4/c1-4-12-21(13-5-1)26-25-19-11-10-16-23(25)20-28(24-17-8-3-9-18-24)27(26)22-14-6-2-7-15-22;2-1(3,4)5/h1-20H;/q+1;-1. The summed E-state index contributed by atoms with van der Waals surface area (Å²) in [6, 6.07) is 40.6. The minimum absolute atomic E-state index is 1.16. The van der Waals surface area contributed by atoms with Crippen LogP contribution in [0.2, 0.25) is 0 Å². The Kier molecular flexibility index (Phi) is 6.54. The molecule has 0 bridgehead atoms. The number of pyridine rings is 1. The van der Waals surface area contributed by atoms with Crippen molar-refractivity contribution in [2.24, 2.45) is 0 Å². The summed E-state index contributed by atoms with van der Waals surface area (Å²) < 4.78 is 41.3. The molecule has 33 heavy (non-hydrogen) atoms. The van der Waals surface area contributed by atoms with E-state index in [1.54, 1.807) is 0 Å². The Morgan fingerprint density at radius 1 is 0.515 bits per heavy atom. The summed E-state index contributed by atoms with van der Waals surface area (Å²) in [5, 5.41) is 2.49. The average molecular weight is 445 g/mol. The number of benzene rings is 4. The maximum atomic E-state index is 9.75. The van der Waals surface area contributed by atoms with Crippen molar-refractivity contribution >= 4 is 18.0 Å². The molecule has 0 fully saturated rings. The second-order valence-corrected chi connectivity index (χ2v) is 7.37. The van der Waals surface area contributed by atoms with Gasteiger partial charge in [-0.2, -0.15) is 4.57 Å². The fourth-order valence-electron chi connectivity index (χ4n) is 3.86. The normalized spacial score (nSPS) is 11.0. The summed E-state index contributed by atoms with van der Waals surface area (Å²) in [7, 11) is -6.00. The van der Waals surface area contributed by atoms with Gasteiger partial charge in [0.05, 0.1) is 5.56 Å². The molecule has 164 valence electrons. The fraction of sp³-hybridized carbons (Fsp3) is 0. The van der Waals surface area contributed by atoms with Crippen molar-refractivity contribution < 1.29 is 21.8 Å². The van der Waals surface area contributed by atoms with E-state index in [1.165, 1.54) is 33.2 Å². The van der Waals surface area contributed by atoms with E-state index >= 15 is 0 Å². The van der Waals surface area contributed by atoms with Crippen LogP contribution in [0.5, 0.6) is 0 Å². The van der Waals surface area contributed by atoms with Gasteiger partial charge in [-0.25, -0.2) is 0 Å². The van der Waals surface area contributed by atoms with Crippen molar-refractivity contribution in [2.75, 3.05) is 0 Å². The summed E-state index contributed by atoms with van der Waals surface area (Å²) in [4.78, 5) is 0. The van der Waals surface area contributed by atoms with E-state index in [2.05, 4.69) is 126 Å². The summed E-state index contributed by atoms with van der Waals surface area (Å²) in [5.41, 5.74) is 6.05. The highest BCUT2D eigenvalue weighted by atomic mass is 19.5. The van der Waals surface area contributed by atoms with E-state index in [0.717, 1.165) is 5.69 Å². The Balaban J connectivity index is 0.000000471. The van der Waals surface area contributed by atoms with Gasteiger partial charge in [0, 0.05) is 28.5 Å². The highest BCUT2D eigenvalue weighted by Gasteiger charge is 2.24. The Morgan fingerprint density at radius 3 is 1.55 bits per heavy atom. The highest BCUT2D eigenvalue weighted by molar-refractivity contribution is 6.50. The molecule has 0 aliphatic carbocycles. The van der Waals surface area contributed by atoms with Crippen molar-refractivity contribution in [1.29, 1.82) is 0 Å². The SMILES string of the molecule is F[B-](F)(F)F.c1ccc(-c2c(-c3ccccc3)[n+](-c3ccccc3)cc3ccccc23)cc1. The Labute approximate surface area is 189 Å². The Hall–Kier alpha value is -3.93. The molecular weight excluding hydrogens is 425 g/mol. The molecule has 1 aromatic heterocycles. The van der Waals surface area contributed by atoms with Crippen LogP contribution in [-0.4, -0.2) is 7.25 Å². The third-order valence-corrected chi connectivity index (χ3v) is 5.12. The molecule has 4 aromatic carbocycles. The maximum absolute atomic E-state index is 9.75. The first-order valence-electron chi connectivity index (χ1n) is 10.4. The molecular formula is C27H20BF4N. The van der Waals surface area contributed by atoms with Gasteiger partial charge in [-0.3, -0.25) is 0 Å². The van der Waals surface area contributed by atoms with Crippen molar-refractivity contribution in [2.45, 2.75) is 0 Å². The molecule has 5 aromatic rings. The molecule has 0 aliphatic rings. The molecule has 5 rings (SSSR count). The summed E-state index contributed by atoms with van der Waals surface area (Å²) in [6.07, 6.45) is 2.25. The number of hydrogen-bond donors (Lipinski definition) is 0. The lowest BCUT2D eigenvalue weighted by molar-refractivity contribution is -0.581. The third kappa shape index (κ3) is 5.47. The van der Waals surface area contributed by atoms with E-state index in [-0.39, 0.29) is 0 Å². The van der Waals surface area contributed by atoms with Crippen LogP contribution >= 0.6 is 0 Å². The van der Waals surface area contributed by atoms with E-state index in [9.17, 15) is 17.3 Å². The molecule has 6 heteroatoms. The largest absolute Gasteiger partial charge is 0.673 e. The molecule has 0 amide bonds. The van der Waals surface area contributed by atoms with Crippen LogP contribution < -0.4 is 4.57 Å². The van der Waals surface area contributed by atoms with Crippen molar-refractivity contribution in [3.05, 3.63) is 121 Å². The van der Waals surface area contributed by atoms with Crippen LogP contribution in [0.3, 0.4) is 0 Å². The second kappa shape index (κ2) is 9.69. The molecule has 0 unspecified atom stereocenters. The van der Waals surface area contributed by atoms with Gasteiger partial charge in [-0.05, 0) is 23.8 Å². The first-order chi connectivity index (χ1) is 15.9. The van der Waals surface area contributed by atoms with E-state index in [1.807, 2.05) is 0 Å². The summed E-state index contributed by atoms with van der Waals surface area (Å²) in [5.74, 6) is 0. The third-order valence-electron chi connectivity index (χ3n) is 5.12. The number of para-hydroxylation sites is 1. The molecule has 0 radical (unpaired) electrons. The van der Waals surface area contributed by atoms with Gasteiger partial charge in [0.15, 0.2) is 6.20 Å². The van der Waals surface area contributed by atoms with Gasteiger partial charge in [0.25, 0.3) is 0 Å². The molecule has 0 atom stereocenters. The summed E-state index contributed by atoms with van der Waals surface area (Å²) >= 11 is 0. The lowest BCUT2D eigenvalue weighted by Crippen LogP contribution is -2.33. The lowest BCUT2D eigenvalue weighted by Gasteiger charge is -2.13. The number of fused-ring (bicyclic) bond motifs is 1. The molecule has 1 heterocycles. The number of rotatable bonds is 3. The Bertz CT molecular complexity index is 1330. The highest BCUT2D eigenvalue weighted by Crippen LogP contribution is 2.36. The number of hydrogen-bond acceptors (Lipinski definition) is 0. The fourth-order valence-corrected chi connectivity index (χ4v) is 3.86. The van der Waals surface area contributed by atoms with Gasteiger partial charge >= 0.3 is 7.25 Å².